The van der Waals surface area contributed by atoms with Crippen molar-refractivity contribution in [1.29, 1.82) is 0 Å². The van der Waals surface area contributed by atoms with Crippen molar-refractivity contribution in [2.45, 2.75) is 19.3 Å². The molecule has 1 aliphatic carbocycles. The third-order valence-electron chi connectivity index (χ3n) is 11.5. The molecule has 0 atom stereocenters. The first kappa shape index (κ1) is 30.8. The highest BCUT2D eigenvalue weighted by Gasteiger charge is 2.36. The molecule has 0 bridgehead atoms. The zero-order valence-electron chi connectivity index (χ0n) is 30.0. The first-order valence-electron chi connectivity index (χ1n) is 18.6. The Morgan fingerprint density at radius 1 is 0.389 bits per heavy atom. The van der Waals surface area contributed by atoms with Gasteiger partial charge in [0.05, 0.1) is 11.4 Å². The summed E-state index contributed by atoms with van der Waals surface area (Å²) in [5.74, 6) is 0.698. The molecule has 254 valence electrons. The third-order valence-corrected chi connectivity index (χ3v) is 11.5. The Hall–Kier alpha value is -6.84. The molecule has 0 saturated carbocycles. The highest BCUT2D eigenvalue weighted by Crippen LogP contribution is 2.51. The second-order valence-corrected chi connectivity index (χ2v) is 15.0. The van der Waals surface area contributed by atoms with E-state index in [0.29, 0.717) is 5.82 Å². The number of hydrogen-bond donors (Lipinski definition) is 0. The average molecular weight is 691 g/mol. The van der Waals surface area contributed by atoms with Crippen LogP contribution in [-0.2, 0) is 5.41 Å². The van der Waals surface area contributed by atoms with Crippen molar-refractivity contribution in [2.75, 3.05) is 0 Å². The standard InChI is InChI=1S/C51H34N2O/c1-51(2)44-29-34(20-22-39(44)42-26-32-14-6-7-15-33(32)28-45(42)51)36-23-24-41(38-17-9-8-16-37(36)38)50-52-46(31-12-4-3-5-13-31)30-47(53-50)35-21-25-49-43(27-35)40-18-10-11-19-48(40)54-49/h3-30H,1-2H3. The van der Waals surface area contributed by atoms with Gasteiger partial charge >= 0.3 is 0 Å². The summed E-state index contributed by atoms with van der Waals surface area (Å²) >= 11 is 0. The molecule has 54 heavy (non-hydrogen) atoms. The van der Waals surface area contributed by atoms with Crippen molar-refractivity contribution in [1.82, 2.24) is 9.97 Å². The lowest BCUT2D eigenvalue weighted by molar-refractivity contribution is 0.661. The Morgan fingerprint density at radius 2 is 0.981 bits per heavy atom. The fraction of sp³-hybridized carbons (Fsp3) is 0.0588. The number of fused-ring (bicyclic) bond motifs is 8. The first-order valence-corrected chi connectivity index (χ1v) is 18.6. The van der Waals surface area contributed by atoms with Crippen LogP contribution in [0, 0.1) is 0 Å². The molecule has 2 aromatic heterocycles. The van der Waals surface area contributed by atoms with Crippen LogP contribution in [0.5, 0.6) is 0 Å². The van der Waals surface area contributed by atoms with E-state index in [4.69, 9.17) is 14.4 Å². The van der Waals surface area contributed by atoms with Crippen LogP contribution in [0.4, 0.5) is 0 Å². The van der Waals surface area contributed by atoms with Gasteiger partial charge < -0.3 is 4.42 Å². The van der Waals surface area contributed by atoms with Gasteiger partial charge in [0.1, 0.15) is 11.2 Å². The van der Waals surface area contributed by atoms with Crippen LogP contribution in [0.15, 0.2) is 174 Å². The van der Waals surface area contributed by atoms with Gasteiger partial charge in [0.15, 0.2) is 5.82 Å². The summed E-state index contributed by atoms with van der Waals surface area (Å²) in [4.78, 5) is 10.5. The molecule has 10 aromatic rings. The number of furan rings is 1. The van der Waals surface area contributed by atoms with E-state index in [1.54, 1.807) is 0 Å². The molecule has 0 saturated heterocycles. The highest BCUT2D eigenvalue weighted by atomic mass is 16.3. The zero-order chi connectivity index (χ0) is 36.0. The molecule has 0 spiro atoms. The van der Waals surface area contributed by atoms with Gasteiger partial charge in [-0.25, -0.2) is 9.97 Å². The Morgan fingerprint density at radius 3 is 1.80 bits per heavy atom. The zero-order valence-corrected chi connectivity index (χ0v) is 30.0. The van der Waals surface area contributed by atoms with Crippen LogP contribution in [-0.4, -0.2) is 9.97 Å². The number of aromatic nitrogens is 2. The van der Waals surface area contributed by atoms with Crippen LogP contribution in [0.1, 0.15) is 25.0 Å². The summed E-state index contributed by atoms with van der Waals surface area (Å²) in [6.45, 7) is 4.72. The molecular formula is C51H34N2O. The Bertz CT molecular complexity index is 3130. The molecular weight excluding hydrogens is 657 g/mol. The fourth-order valence-electron chi connectivity index (χ4n) is 8.69. The van der Waals surface area contributed by atoms with E-state index in [9.17, 15) is 0 Å². The van der Waals surface area contributed by atoms with Gasteiger partial charge in [-0.15, -0.1) is 0 Å². The second-order valence-electron chi connectivity index (χ2n) is 15.0. The van der Waals surface area contributed by atoms with Crippen molar-refractivity contribution in [2.24, 2.45) is 0 Å². The number of benzene rings is 8. The molecule has 3 heteroatoms. The summed E-state index contributed by atoms with van der Waals surface area (Å²) in [6.07, 6.45) is 0. The lowest BCUT2D eigenvalue weighted by atomic mass is 9.81. The fourth-order valence-corrected chi connectivity index (χ4v) is 8.69. The van der Waals surface area contributed by atoms with Gasteiger partial charge in [-0.2, -0.15) is 0 Å². The van der Waals surface area contributed by atoms with E-state index in [0.717, 1.165) is 55.4 Å². The van der Waals surface area contributed by atoms with Crippen molar-refractivity contribution in [3.8, 4) is 56.2 Å². The summed E-state index contributed by atoms with van der Waals surface area (Å²) < 4.78 is 6.16. The van der Waals surface area contributed by atoms with Gasteiger partial charge in [-0.05, 0) is 110 Å². The minimum Gasteiger partial charge on any atom is -0.456 e. The second kappa shape index (κ2) is 11.6. The molecule has 8 aromatic carbocycles. The van der Waals surface area contributed by atoms with Gasteiger partial charge in [0.2, 0.25) is 0 Å². The van der Waals surface area contributed by atoms with Crippen LogP contribution >= 0.6 is 0 Å². The van der Waals surface area contributed by atoms with Crippen LogP contribution in [0.25, 0.3) is 99.6 Å². The molecule has 0 aliphatic heterocycles. The highest BCUT2D eigenvalue weighted by molar-refractivity contribution is 6.07. The van der Waals surface area contributed by atoms with Gasteiger partial charge in [0.25, 0.3) is 0 Å². The van der Waals surface area contributed by atoms with Crippen molar-refractivity contribution >= 4 is 43.5 Å². The van der Waals surface area contributed by atoms with Crippen LogP contribution < -0.4 is 0 Å². The SMILES string of the molecule is CC1(C)c2cc(-c3ccc(-c4nc(-c5ccccc5)cc(-c5ccc6oc7ccccc7c6c5)n4)c4ccccc34)ccc2-c2cc3ccccc3cc21. The van der Waals surface area contributed by atoms with Crippen molar-refractivity contribution in [3.63, 3.8) is 0 Å². The maximum atomic E-state index is 6.16. The van der Waals surface area contributed by atoms with Crippen LogP contribution in [0.2, 0.25) is 0 Å². The van der Waals surface area contributed by atoms with Gasteiger partial charge in [0, 0.05) is 32.9 Å². The lowest BCUT2D eigenvalue weighted by Gasteiger charge is -2.22. The minimum atomic E-state index is -0.117. The predicted molar refractivity (Wildman–Crippen MR) is 224 cm³/mol. The first-order chi connectivity index (χ1) is 26.5. The summed E-state index contributed by atoms with van der Waals surface area (Å²) in [6, 6.07) is 60.6. The normalized spacial score (nSPS) is 13.1. The molecule has 2 heterocycles. The monoisotopic (exact) mass is 690 g/mol. The predicted octanol–water partition coefficient (Wildman–Crippen LogP) is 13.7. The summed E-state index contributed by atoms with van der Waals surface area (Å²) in [7, 11) is 0. The molecule has 0 N–H and O–H groups in total. The number of hydrogen-bond acceptors (Lipinski definition) is 3. The maximum Gasteiger partial charge on any atom is 0.161 e. The molecule has 0 unspecified atom stereocenters. The Labute approximate surface area is 313 Å². The third kappa shape index (κ3) is 4.68. The molecule has 0 fully saturated rings. The number of nitrogens with zero attached hydrogens (tertiary/aromatic N) is 2. The quantitative estimate of drug-likeness (QED) is 0.184. The number of rotatable bonds is 4. The molecule has 3 nitrogen and oxygen atoms in total. The Kier molecular flexibility index (Phi) is 6.60. The van der Waals surface area contributed by atoms with E-state index in [1.807, 2.05) is 18.2 Å². The molecule has 1 aliphatic rings. The van der Waals surface area contributed by atoms with Gasteiger partial charge in [-0.3, -0.25) is 0 Å². The maximum absolute atomic E-state index is 6.16. The smallest absolute Gasteiger partial charge is 0.161 e. The summed E-state index contributed by atoms with van der Waals surface area (Å²) in [5, 5.41) is 7.04. The lowest BCUT2D eigenvalue weighted by Crippen LogP contribution is -2.15. The topological polar surface area (TPSA) is 38.9 Å². The van der Waals surface area contributed by atoms with E-state index < -0.39 is 0 Å². The average Bonchev–Trinajstić information content (AvgIpc) is 3.70. The molecule has 0 amide bonds. The van der Waals surface area contributed by atoms with Crippen LogP contribution in [0.3, 0.4) is 0 Å². The molecule has 0 radical (unpaired) electrons. The van der Waals surface area contributed by atoms with Crippen molar-refractivity contribution < 1.29 is 4.42 Å². The van der Waals surface area contributed by atoms with E-state index in [2.05, 4.69) is 166 Å². The number of para-hydroxylation sites is 1. The van der Waals surface area contributed by atoms with E-state index in [-0.39, 0.29) is 5.41 Å². The minimum absolute atomic E-state index is 0.117. The van der Waals surface area contributed by atoms with Gasteiger partial charge in [-0.1, -0.05) is 129 Å². The van der Waals surface area contributed by atoms with E-state index >= 15 is 0 Å². The largest absolute Gasteiger partial charge is 0.456 e. The Balaban J connectivity index is 1.07. The summed E-state index contributed by atoms with van der Waals surface area (Å²) in [5.41, 5.74) is 14.3. The van der Waals surface area contributed by atoms with E-state index in [1.165, 1.54) is 49.5 Å². The molecule has 11 rings (SSSR count). The van der Waals surface area contributed by atoms with Crippen molar-refractivity contribution in [3.05, 3.63) is 181 Å².